The Morgan fingerprint density at radius 3 is 1.00 bits per heavy atom. The Bertz CT molecular complexity index is 45.5. The van der Waals surface area contributed by atoms with Gasteiger partial charge in [-0.25, -0.2) is 0 Å². The molecule has 0 radical (unpaired) electrons. The van der Waals surface area contributed by atoms with Gasteiger partial charge >= 0.3 is 0 Å². The molecule has 0 aromatic heterocycles. The van der Waals surface area contributed by atoms with Gasteiger partial charge in [0.15, 0.2) is 0 Å². The first kappa shape index (κ1) is 16.5. The molecule has 0 nitrogen and oxygen atoms in total. The summed E-state index contributed by atoms with van der Waals surface area (Å²) in [5.74, 6) is 0.799. The van der Waals surface area contributed by atoms with Crippen LogP contribution in [0.2, 0.25) is 0 Å². The number of hydrogen-bond donors (Lipinski definition) is 0. The summed E-state index contributed by atoms with van der Waals surface area (Å²) in [5, 5.41) is 0. The van der Waals surface area contributed by atoms with Gasteiger partial charge in [-0.05, 0) is 11.3 Å². The van der Waals surface area contributed by atoms with Crippen LogP contribution < -0.4 is 0 Å². The Hall–Kier alpha value is 0. The third-order valence-electron chi connectivity index (χ3n) is 1.73. The molecule has 0 fully saturated rings. The molecule has 10 heavy (non-hydrogen) atoms. The second-order valence-corrected chi connectivity index (χ2v) is 3.52. The van der Waals surface area contributed by atoms with Gasteiger partial charge in [0, 0.05) is 0 Å². The normalized spacial score (nSPS) is 9.60. The number of rotatable bonds is 0. The van der Waals surface area contributed by atoms with Gasteiger partial charge in [-0.3, -0.25) is 0 Å². The van der Waals surface area contributed by atoms with Crippen LogP contribution in [0.1, 0.15) is 55.9 Å². The average molecular weight is 146 g/mol. The van der Waals surface area contributed by atoms with Crippen LogP contribution in [-0.4, -0.2) is 0 Å². The Kier molecular flexibility index (Phi) is 11.8. The Balaban J connectivity index is -0.000000149. The maximum absolute atomic E-state index is 2.26. The van der Waals surface area contributed by atoms with Crippen molar-refractivity contribution in [2.75, 3.05) is 0 Å². The molecule has 0 spiro atoms. The minimum atomic E-state index is 0. The summed E-state index contributed by atoms with van der Waals surface area (Å²) in [6, 6.07) is 0. The highest BCUT2D eigenvalue weighted by Gasteiger charge is 2.13. The lowest BCUT2D eigenvalue weighted by Gasteiger charge is -2.22. The monoisotopic (exact) mass is 146 g/mol. The van der Waals surface area contributed by atoms with Crippen molar-refractivity contribution < 1.29 is 0 Å². The molecule has 66 valence electrons. The van der Waals surface area contributed by atoms with Crippen LogP contribution in [0, 0.1) is 11.3 Å². The third-order valence-corrected chi connectivity index (χ3v) is 1.73. The van der Waals surface area contributed by atoms with E-state index in [1.54, 1.807) is 0 Å². The van der Waals surface area contributed by atoms with Gasteiger partial charge in [0.05, 0.1) is 0 Å². The Morgan fingerprint density at radius 1 is 0.900 bits per heavy atom. The van der Waals surface area contributed by atoms with Crippen LogP contribution >= 0.6 is 0 Å². The summed E-state index contributed by atoms with van der Waals surface area (Å²) in [5.41, 5.74) is 0.500. The van der Waals surface area contributed by atoms with E-state index in [4.69, 9.17) is 0 Å². The van der Waals surface area contributed by atoms with Gasteiger partial charge in [-0.1, -0.05) is 55.9 Å². The second kappa shape index (κ2) is 7.11. The van der Waals surface area contributed by atoms with Crippen molar-refractivity contribution in [1.29, 1.82) is 0 Å². The summed E-state index contributed by atoms with van der Waals surface area (Å²) in [6.07, 6.45) is 0. The molecule has 0 heterocycles. The van der Waals surface area contributed by atoms with Crippen molar-refractivity contribution in [3.8, 4) is 0 Å². The molecule has 0 amide bonds. The average Bonchev–Trinajstić information content (AvgIpc) is 1.69. The van der Waals surface area contributed by atoms with Gasteiger partial charge in [-0.15, -0.1) is 0 Å². The van der Waals surface area contributed by atoms with E-state index in [0.717, 1.165) is 5.92 Å². The molecular weight excluding hydrogens is 120 g/mol. The lowest BCUT2D eigenvalue weighted by molar-refractivity contribution is 0.283. The van der Waals surface area contributed by atoms with Crippen LogP contribution in [0.15, 0.2) is 0 Å². The highest BCUT2D eigenvalue weighted by atomic mass is 14.2. The predicted molar refractivity (Wildman–Crippen MR) is 52.4 cm³/mol. The maximum Gasteiger partial charge on any atom is -0.0360 e. The highest BCUT2D eigenvalue weighted by molar-refractivity contribution is 4.64. The molecule has 0 aliphatic heterocycles. The van der Waals surface area contributed by atoms with E-state index in [9.17, 15) is 0 Å². The maximum atomic E-state index is 2.26. The fourth-order valence-electron chi connectivity index (χ4n) is 0. The smallest absolute Gasteiger partial charge is 0.0360 e. The molecule has 0 bridgehead atoms. The summed E-state index contributed by atoms with van der Waals surface area (Å²) in [7, 11) is 0. The van der Waals surface area contributed by atoms with E-state index in [1.807, 2.05) is 13.8 Å². The highest BCUT2D eigenvalue weighted by Crippen LogP contribution is 2.23. The zero-order valence-electron chi connectivity index (χ0n) is 8.08. The van der Waals surface area contributed by atoms with Gasteiger partial charge in [-0.2, -0.15) is 0 Å². The SMILES string of the molecule is C.CC.CC(C)C(C)(C)C. The van der Waals surface area contributed by atoms with E-state index in [1.165, 1.54) is 0 Å². The molecule has 0 heteroatoms. The summed E-state index contributed by atoms with van der Waals surface area (Å²) in [4.78, 5) is 0. The first-order valence-corrected chi connectivity index (χ1v) is 3.94. The topological polar surface area (TPSA) is 0 Å². The molecule has 0 aromatic rings. The van der Waals surface area contributed by atoms with Crippen molar-refractivity contribution >= 4 is 0 Å². The van der Waals surface area contributed by atoms with Crippen LogP contribution in [0.5, 0.6) is 0 Å². The molecule has 0 saturated carbocycles. The zero-order valence-corrected chi connectivity index (χ0v) is 8.08. The molecular formula is C10H26. The standard InChI is InChI=1S/C7H16.C2H6.CH4/c1-6(2)7(3,4)5;1-2;/h6H,1-5H3;1-2H3;1H4. The number of hydrogen-bond acceptors (Lipinski definition) is 0. The van der Waals surface area contributed by atoms with Gasteiger partial charge in [0.25, 0.3) is 0 Å². The van der Waals surface area contributed by atoms with E-state index in [2.05, 4.69) is 34.6 Å². The Morgan fingerprint density at radius 2 is 1.00 bits per heavy atom. The van der Waals surface area contributed by atoms with Gasteiger partial charge in [0.1, 0.15) is 0 Å². The second-order valence-electron chi connectivity index (χ2n) is 3.52. The molecule has 0 atom stereocenters. The largest absolute Gasteiger partial charge is 0.0776 e. The zero-order chi connectivity index (χ0) is 8.08. The molecule has 0 aliphatic rings. The molecule has 0 unspecified atom stereocenters. The lowest BCUT2D eigenvalue weighted by atomic mass is 9.84. The Labute approximate surface area is 68.0 Å². The van der Waals surface area contributed by atoms with Crippen molar-refractivity contribution in [3.05, 3.63) is 0 Å². The van der Waals surface area contributed by atoms with E-state index in [0.29, 0.717) is 5.41 Å². The minimum Gasteiger partial charge on any atom is -0.0776 e. The third kappa shape index (κ3) is 10.9. The van der Waals surface area contributed by atoms with Crippen molar-refractivity contribution in [2.45, 2.75) is 55.9 Å². The first-order chi connectivity index (χ1) is 3.94. The molecule has 0 aromatic carbocycles. The van der Waals surface area contributed by atoms with Crippen LogP contribution in [-0.2, 0) is 0 Å². The summed E-state index contributed by atoms with van der Waals surface area (Å²) >= 11 is 0. The summed E-state index contributed by atoms with van der Waals surface area (Å²) in [6.45, 7) is 15.3. The van der Waals surface area contributed by atoms with Crippen LogP contribution in [0.25, 0.3) is 0 Å². The molecule has 0 N–H and O–H groups in total. The molecule has 0 rings (SSSR count). The quantitative estimate of drug-likeness (QED) is 0.476. The van der Waals surface area contributed by atoms with Gasteiger partial charge < -0.3 is 0 Å². The fourth-order valence-corrected chi connectivity index (χ4v) is 0. The van der Waals surface area contributed by atoms with Crippen molar-refractivity contribution in [1.82, 2.24) is 0 Å². The van der Waals surface area contributed by atoms with Crippen LogP contribution in [0.3, 0.4) is 0 Å². The van der Waals surface area contributed by atoms with Gasteiger partial charge in [0.2, 0.25) is 0 Å². The lowest BCUT2D eigenvalue weighted by Crippen LogP contribution is -2.12. The minimum absolute atomic E-state index is 0. The predicted octanol–water partition coefficient (Wildman–Crippen LogP) is 4.35. The van der Waals surface area contributed by atoms with E-state index < -0.39 is 0 Å². The summed E-state index contributed by atoms with van der Waals surface area (Å²) < 4.78 is 0. The van der Waals surface area contributed by atoms with Crippen molar-refractivity contribution in [2.24, 2.45) is 11.3 Å². The van der Waals surface area contributed by atoms with Crippen molar-refractivity contribution in [3.63, 3.8) is 0 Å². The van der Waals surface area contributed by atoms with E-state index >= 15 is 0 Å². The first-order valence-electron chi connectivity index (χ1n) is 3.94. The van der Waals surface area contributed by atoms with E-state index in [-0.39, 0.29) is 7.43 Å². The molecule has 0 saturated heterocycles. The fraction of sp³-hybridized carbons (Fsp3) is 1.00. The van der Waals surface area contributed by atoms with Crippen LogP contribution in [0.4, 0.5) is 0 Å². The molecule has 0 aliphatic carbocycles.